The van der Waals surface area contributed by atoms with Crippen molar-refractivity contribution in [1.29, 1.82) is 0 Å². The molecule has 5 nitrogen and oxygen atoms in total. The van der Waals surface area contributed by atoms with Gasteiger partial charge in [-0.25, -0.2) is 5.43 Å². The maximum absolute atomic E-state index is 5.70. The molecule has 2 rings (SSSR count). The average Bonchev–Trinajstić information content (AvgIpc) is 2.86. The molecule has 3 N–H and O–H groups in total. The van der Waals surface area contributed by atoms with Crippen LogP contribution in [0.2, 0.25) is 0 Å². The molecule has 2 aromatic rings. The lowest BCUT2D eigenvalue weighted by molar-refractivity contribution is 0.376. The predicted octanol–water partition coefficient (Wildman–Crippen LogP) is 2.92. The Balaban J connectivity index is 2.56. The minimum absolute atomic E-state index is 0.304. The predicted molar refractivity (Wildman–Crippen MR) is 79.9 cm³/mol. The second-order valence-corrected chi connectivity index (χ2v) is 5.06. The smallest absolute Gasteiger partial charge is 0.142 e. The third-order valence-corrected chi connectivity index (χ3v) is 3.91. The monoisotopic (exact) mass is 340 g/mol. The molecule has 0 bridgehead atoms. The minimum Gasteiger partial charge on any atom is -0.495 e. The summed E-state index contributed by atoms with van der Waals surface area (Å²) in [7, 11) is 3.21. The largest absolute Gasteiger partial charge is 0.495 e. The number of hydrogen-bond acceptors (Lipinski definition) is 5. The first-order chi connectivity index (χ1) is 9.63. The zero-order valence-corrected chi connectivity index (χ0v) is 13.2. The number of nitrogens with two attached hydrogens (primary N) is 1. The number of rotatable bonds is 5. The molecular formula is C14H17BrN2O3. The first-order valence-electron chi connectivity index (χ1n) is 6.04. The van der Waals surface area contributed by atoms with Gasteiger partial charge < -0.3 is 13.9 Å². The van der Waals surface area contributed by atoms with Crippen molar-refractivity contribution >= 4 is 15.9 Å². The summed E-state index contributed by atoms with van der Waals surface area (Å²) in [5.74, 6) is 7.80. The van der Waals surface area contributed by atoms with Gasteiger partial charge in [-0.1, -0.05) is 0 Å². The highest BCUT2D eigenvalue weighted by Gasteiger charge is 2.24. The molecule has 0 aliphatic heterocycles. The second-order valence-electron chi connectivity index (χ2n) is 4.27. The summed E-state index contributed by atoms with van der Waals surface area (Å²) in [5.41, 5.74) is 4.64. The van der Waals surface area contributed by atoms with E-state index in [2.05, 4.69) is 21.4 Å². The van der Waals surface area contributed by atoms with Gasteiger partial charge in [-0.05, 0) is 46.6 Å². The number of benzene rings is 1. The Morgan fingerprint density at radius 1 is 1.25 bits per heavy atom. The first kappa shape index (κ1) is 14.9. The van der Waals surface area contributed by atoms with Crippen molar-refractivity contribution in [3.05, 3.63) is 45.8 Å². The van der Waals surface area contributed by atoms with Gasteiger partial charge in [0.25, 0.3) is 0 Å². The highest BCUT2D eigenvalue weighted by Crippen LogP contribution is 2.41. The van der Waals surface area contributed by atoms with E-state index in [-0.39, 0.29) is 6.04 Å². The van der Waals surface area contributed by atoms with Crippen LogP contribution in [0.5, 0.6) is 11.5 Å². The first-order valence-corrected chi connectivity index (χ1v) is 6.83. The molecule has 0 saturated heterocycles. The SMILES string of the molecule is COc1ccc(C(NN)c2occc2C)c(OC)c1Br. The van der Waals surface area contributed by atoms with Crippen molar-refractivity contribution in [2.75, 3.05) is 14.2 Å². The van der Waals surface area contributed by atoms with Gasteiger partial charge in [0.2, 0.25) is 0 Å². The highest BCUT2D eigenvalue weighted by atomic mass is 79.9. The molecular weight excluding hydrogens is 324 g/mol. The fourth-order valence-electron chi connectivity index (χ4n) is 2.13. The van der Waals surface area contributed by atoms with Gasteiger partial charge >= 0.3 is 0 Å². The Kier molecular flexibility index (Phi) is 4.69. The van der Waals surface area contributed by atoms with Crippen LogP contribution in [-0.4, -0.2) is 14.2 Å². The van der Waals surface area contributed by atoms with Crippen molar-refractivity contribution in [1.82, 2.24) is 5.43 Å². The Morgan fingerprint density at radius 2 is 2.00 bits per heavy atom. The Bertz CT molecular complexity index is 598. The molecule has 0 fully saturated rings. The van der Waals surface area contributed by atoms with Crippen LogP contribution < -0.4 is 20.7 Å². The van der Waals surface area contributed by atoms with Crippen molar-refractivity contribution in [2.45, 2.75) is 13.0 Å². The number of hydrazine groups is 1. The normalized spacial score (nSPS) is 12.2. The number of furan rings is 1. The number of hydrogen-bond donors (Lipinski definition) is 2. The van der Waals surface area contributed by atoms with E-state index in [1.807, 2.05) is 25.1 Å². The molecule has 0 spiro atoms. The molecule has 0 radical (unpaired) electrons. The quantitative estimate of drug-likeness (QED) is 0.646. The third-order valence-electron chi connectivity index (χ3n) is 3.16. The molecule has 0 aliphatic carbocycles. The van der Waals surface area contributed by atoms with Gasteiger partial charge in [0.15, 0.2) is 0 Å². The van der Waals surface area contributed by atoms with E-state index in [0.29, 0.717) is 11.5 Å². The summed E-state index contributed by atoms with van der Waals surface area (Å²) >= 11 is 3.48. The van der Waals surface area contributed by atoms with Crippen LogP contribution in [0.4, 0.5) is 0 Å². The molecule has 0 aliphatic rings. The summed E-state index contributed by atoms with van der Waals surface area (Å²) in [6.45, 7) is 1.97. The van der Waals surface area contributed by atoms with Crippen molar-refractivity contribution < 1.29 is 13.9 Å². The Labute approximate surface area is 126 Å². The summed E-state index contributed by atoms with van der Waals surface area (Å²) in [5, 5.41) is 0. The second kappa shape index (κ2) is 6.30. The number of aryl methyl sites for hydroxylation is 1. The molecule has 1 heterocycles. The van der Waals surface area contributed by atoms with Crippen LogP contribution >= 0.6 is 15.9 Å². The standard InChI is InChI=1S/C14H17BrN2O3/c1-8-6-7-20-13(8)12(17-16)9-4-5-10(18-2)11(15)14(9)19-3/h4-7,12,17H,16H2,1-3H3. The summed E-state index contributed by atoms with van der Waals surface area (Å²) < 4.78 is 17.0. The number of ether oxygens (including phenoxy) is 2. The van der Waals surface area contributed by atoms with Crippen LogP contribution in [0.15, 0.2) is 33.4 Å². The van der Waals surface area contributed by atoms with Crippen LogP contribution in [0.3, 0.4) is 0 Å². The molecule has 0 saturated carbocycles. The van der Waals surface area contributed by atoms with E-state index in [1.165, 1.54) is 0 Å². The van der Waals surface area contributed by atoms with E-state index < -0.39 is 0 Å². The van der Waals surface area contributed by atoms with Crippen LogP contribution in [-0.2, 0) is 0 Å². The van der Waals surface area contributed by atoms with E-state index in [4.69, 9.17) is 19.7 Å². The van der Waals surface area contributed by atoms with Crippen LogP contribution in [0.25, 0.3) is 0 Å². The van der Waals surface area contributed by atoms with Gasteiger partial charge in [0, 0.05) is 5.56 Å². The maximum atomic E-state index is 5.70. The molecule has 1 aromatic carbocycles. The maximum Gasteiger partial charge on any atom is 0.142 e. The molecule has 1 unspecified atom stereocenters. The average molecular weight is 341 g/mol. The molecule has 108 valence electrons. The van der Waals surface area contributed by atoms with Gasteiger partial charge in [-0.15, -0.1) is 0 Å². The van der Waals surface area contributed by atoms with E-state index in [0.717, 1.165) is 21.4 Å². The molecule has 20 heavy (non-hydrogen) atoms. The van der Waals surface area contributed by atoms with Gasteiger partial charge in [-0.3, -0.25) is 5.84 Å². The van der Waals surface area contributed by atoms with Crippen LogP contribution in [0, 0.1) is 6.92 Å². The fraction of sp³-hybridized carbons (Fsp3) is 0.286. The third kappa shape index (κ3) is 2.54. The molecule has 6 heteroatoms. The zero-order chi connectivity index (χ0) is 14.7. The molecule has 0 amide bonds. The fourth-order valence-corrected chi connectivity index (χ4v) is 2.82. The van der Waals surface area contributed by atoms with Crippen molar-refractivity contribution in [2.24, 2.45) is 5.84 Å². The highest BCUT2D eigenvalue weighted by molar-refractivity contribution is 9.10. The number of halogens is 1. The molecule has 1 aromatic heterocycles. The minimum atomic E-state index is -0.304. The van der Waals surface area contributed by atoms with Gasteiger partial charge in [-0.2, -0.15) is 0 Å². The Hall–Kier alpha value is -1.50. The lowest BCUT2D eigenvalue weighted by Crippen LogP contribution is -2.29. The Morgan fingerprint density at radius 3 is 2.50 bits per heavy atom. The zero-order valence-electron chi connectivity index (χ0n) is 11.6. The number of methoxy groups -OCH3 is 2. The lowest BCUT2D eigenvalue weighted by Gasteiger charge is -2.20. The van der Waals surface area contributed by atoms with E-state index in [1.54, 1.807) is 20.5 Å². The van der Waals surface area contributed by atoms with E-state index in [9.17, 15) is 0 Å². The lowest BCUT2D eigenvalue weighted by atomic mass is 10.0. The van der Waals surface area contributed by atoms with Gasteiger partial charge in [0.1, 0.15) is 27.8 Å². The van der Waals surface area contributed by atoms with E-state index >= 15 is 0 Å². The number of nitrogens with one attached hydrogen (secondary N) is 1. The van der Waals surface area contributed by atoms with Crippen molar-refractivity contribution in [3.63, 3.8) is 0 Å². The van der Waals surface area contributed by atoms with Gasteiger partial charge in [0.05, 0.1) is 20.5 Å². The topological polar surface area (TPSA) is 69.7 Å². The summed E-state index contributed by atoms with van der Waals surface area (Å²) in [6.07, 6.45) is 1.64. The summed E-state index contributed by atoms with van der Waals surface area (Å²) in [6, 6.07) is 5.34. The van der Waals surface area contributed by atoms with Crippen LogP contribution in [0.1, 0.15) is 22.9 Å². The van der Waals surface area contributed by atoms with Crippen molar-refractivity contribution in [3.8, 4) is 11.5 Å². The summed E-state index contributed by atoms with van der Waals surface area (Å²) in [4.78, 5) is 0. The molecule has 1 atom stereocenters.